The molecule has 7 heteroatoms. The Labute approximate surface area is 129 Å². The molecule has 1 aromatic heterocycles. The van der Waals surface area contributed by atoms with E-state index in [0.717, 1.165) is 44.8 Å². The summed E-state index contributed by atoms with van der Waals surface area (Å²) in [6.45, 7) is 5.54. The number of amides is 1. The van der Waals surface area contributed by atoms with Crippen molar-refractivity contribution in [1.29, 1.82) is 0 Å². The predicted octanol–water partition coefficient (Wildman–Crippen LogP) is 1.32. The van der Waals surface area contributed by atoms with Crippen LogP contribution in [0.3, 0.4) is 0 Å². The highest BCUT2D eigenvalue weighted by molar-refractivity contribution is 5.77. The van der Waals surface area contributed by atoms with Crippen LogP contribution >= 0.6 is 0 Å². The van der Waals surface area contributed by atoms with Gasteiger partial charge < -0.3 is 18.9 Å². The number of nitrogens with zero attached hydrogens (tertiary/aromatic N) is 3. The van der Waals surface area contributed by atoms with E-state index < -0.39 is 0 Å². The van der Waals surface area contributed by atoms with Crippen LogP contribution in [0.5, 0.6) is 0 Å². The fourth-order valence-electron chi connectivity index (χ4n) is 2.97. The lowest BCUT2D eigenvalue weighted by Crippen LogP contribution is -2.40. The molecule has 1 atom stereocenters. The molecule has 0 radical (unpaired) electrons. The van der Waals surface area contributed by atoms with Crippen LogP contribution in [0.4, 0.5) is 0 Å². The van der Waals surface area contributed by atoms with E-state index in [2.05, 4.69) is 10.1 Å². The number of piperidine rings is 1. The summed E-state index contributed by atoms with van der Waals surface area (Å²) < 4.78 is 16.0. The molecule has 3 heterocycles. The van der Waals surface area contributed by atoms with E-state index in [4.69, 9.17) is 14.0 Å². The van der Waals surface area contributed by atoms with Crippen molar-refractivity contribution in [3.63, 3.8) is 0 Å². The average Bonchev–Trinajstić information content (AvgIpc) is 3.23. The lowest BCUT2D eigenvalue weighted by molar-refractivity contribution is -0.137. The molecule has 0 spiro atoms. The quantitative estimate of drug-likeness (QED) is 0.816. The third-order valence-electron chi connectivity index (χ3n) is 4.38. The second-order valence-corrected chi connectivity index (χ2v) is 5.84. The molecule has 0 N–H and O–H groups in total. The van der Waals surface area contributed by atoms with E-state index in [0.29, 0.717) is 19.1 Å². The highest BCUT2D eigenvalue weighted by atomic mass is 16.5. The monoisotopic (exact) mass is 309 g/mol. The largest absolute Gasteiger partial charge is 0.381 e. The minimum atomic E-state index is 0.0645. The fraction of sp³-hybridized carbons (Fsp3) is 0.800. The van der Waals surface area contributed by atoms with Gasteiger partial charge >= 0.3 is 0 Å². The van der Waals surface area contributed by atoms with Crippen molar-refractivity contribution < 1.29 is 18.8 Å². The first-order valence-corrected chi connectivity index (χ1v) is 8.04. The summed E-state index contributed by atoms with van der Waals surface area (Å²) in [5.74, 6) is 2.06. The molecule has 3 rings (SSSR count). The van der Waals surface area contributed by atoms with Gasteiger partial charge in [-0.2, -0.15) is 4.98 Å². The summed E-state index contributed by atoms with van der Waals surface area (Å²) in [6.07, 6.45) is 2.69. The molecule has 2 aliphatic rings. The standard InChI is InChI=1S/C15H23N3O4/c1-2-20-10-13(19)18-6-3-11(4-7-18)15-16-14(17-22-15)12-5-8-21-9-12/h11-12H,2-10H2,1H3/t12-/m0/s1. The molecule has 2 aliphatic heterocycles. The summed E-state index contributed by atoms with van der Waals surface area (Å²) in [7, 11) is 0. The topological polar surface area (TPSA) is 77.7 Å². The van der Waals surface area contributed by atoms with Crippen LogP contribution < -0.4 is 0 Å². The Morgan fingerprint density at radius 3 is 2.82 bits per heavy atom. The van der Waals surface area contributed by atoms with Gasteiger partial charge in [0.25, 0.3) is 0 Å². The van der Waals surface area contributed by atoms with Crippen molar-refractivity contribution in [2.45, 2.75) is 38.0 Å². The average molecular weight is 309 g/mol. The molecule has 0 aromatic carbocycles. The van der Waals surface area contributed by atoms with E-state index in [9.17, 15) is 4.79 Å². The molecule has 0 aliphatic carbocycles. The molecular weight excluding hydrogens is 286 g/mol. The molecule has 0 bridgehead atoms. The molecule has 1 aromatic rings. The van der Waals surface area contributed by atoms with Crippen LogP contribution in [0.15, 0.2) is 4.52 Å². The third-order valence-corrected chi connectivity index (χ3v) is 4.38. The Kier molecular flexibility index (Phi) is 5.04. The normalized spacial score (nSPS) is 23.1. The minimum Gasteiger partial charge on any atom is -0.381 e. The van der Waals surface area contributed by atoms with Crippen molar-refractivity contribution in [3.05, 3.63) is 11.7 Å². The van der Waals surface area contributed by atoms with Gasteiger partial charge in [-0.05, 0) is 26.2 Å². The zero-order chi connectivity index (χ0) is 15.4. The van der Waals surface area contributed by atoms with Crippen LogP contribution in [-0.2, 0) is 14.3 Å². The second-order valence-electron chi connectivity index (χ2n) is 5.84. The summed E-state index contributed by atoms with van der Waals surface area (Å²) in [4.78, 5) is 18.3. The fourth-order valence-corrected chi connectivity index (χ4v) is 2.97. The first-order chi connectivity index (χ1) is 10.8. The molecular formula is C15H23N3O4. The van der Waals surface area contributed by atoms with Gasteiger partial charge in [-0.15, -0.1) is 0 Å². The van der Waals surface area contributed by atoms with E-state index in [-0.39, 0.29) is 24.3 Å². The van der Waals surface area contributed by atoms with E-state index in [1.807, 2.05) is 11.8 Å². The molecule has 1 amide bonds. The second kappa shape index (κ2) is 7.19. The highest BCUT2D eigenvalue weighted by Crippen LogP contribution is 2.29. The Bertz CT molecular complexity index is 491. The van der Waals surface area contributed by atoms with Crippen LogP contribution in [0.2, 0.25) is 0 Å². The number of rotatable bonds is 5. The zero-order valence-corrected chi connectivity index (χ0v) is 13.0. The smallest absolute Gasteiger partial charge is 0.248 e. The van der Waals surface area contributed by atoms with Gasteiger partial charge in [0.1, 0.15) is 6.61 Å². The summed E-state index contributed by atoms with van der Waals surface area (Å²) >= 11 is 0. The molecule has 22 heavy (non-hydrogen) atoms. The molecule has 122 valence electrons. The van der Waals surface area contributed by atoms with Crippen molar-refractivity contribution in [1.82, 2.24) is 15.0 Å². The van der Waals surface area contributed by atoms with Crippen molar-refractivity contribution in [2.75, 3.05) is 39.5 Å². The van der Waals surface area contributed by atoms with Crippen LogP contribution in [0.25, 0.3) is 0 Å². The number of carbonyl (C=O) groups is 1. The SMILES string of the molecule is CCOCC(=O)N1CCC(c2nc([C@H]3CCOC3)no2)CC1. The summed E-state index contributed by atoms with van der Waals surface area (Å²) in [6, 6.07) is 0. The lowest BCUT2D eigenvalue weighted by atomic mass is 9.96. The Morgan fingerprint density at radius 2 is 2.14 bits per heavy atom. The maximum atomic E-state index is 11.9. The molecule has 0 saturated carbocycles. The third kappa shape index (κ3) is 3.47. The highest BCUT2D eigenvalue weighted by Gasteiger charge is 2.29. The molecule has 7 nitrogen and oxygen atoms in total. The molecule has 2 fully saturated rings. The van der Waals surface area contributed by atoms with Crippen LogP contribution in [0.1, 0.15) is 49.7 Å². The van der Waals surface area contributed by atoms with Crippen molar-refractivity contribution in [3.8, 4) is 0 Å². The van der Waals surface area contributed by atoms with Gasteiger partial charge in [-0.1, -0.05) is 5.16 Å². The number of aromatic nitrogens is 2. The van der Waals surface area contributed by atoms with Crippen LogP contribution in [0, 0.1) is 0 Å². The maximum absolute atomic E-state index is 11.9. The van der Waals surface area contributed by atoms with Gasteiger partial charge in [0.05, 0.1) is 6.61 Å². The van der Waals surface area contributed by atoms with Crippen LogP contribution in [-0.4, -0.2) is 60.5 Å². The van der Waals surface area contributed by atoms with Gasteiger partial charge in [0.15, 0.2) is 5.82 Å². The minimum absolute atomic E-state index is 0.0645. The summed E-state index contributed by atoms with van der Waals surface area (Å²) in [5, 5.41) is 4.10. The first-order valence-electron chi connectivity index (χ1n) is 8.04. The summed E-state index contributed by atoms with van der Waals surface area (Å²) in [5.41, 5.74) is 0. The molecule has 0 unspecified atom stereocenters. The Balaban J connectivity index is 1.52. The Hall–Kier alpha value is -1.47. The maximum Gasteiger partial charge on any atom is 0.248 e. The van der Waals surface area contributed by atoms with E-state index in [1.165, 1.54) is 0 Å². The number of ether oxygens (including phenoxy) is 2. The van der Waals surface area contributed by atoms with Gasteiger partial charge in [-0.25, -0.2) is 0 Å². The number of hydrogen-bond donors (Lipinski definition) is 0. The number of carbonyl (C=O) groups excluding carboxylic acids is 1. The van der Waals surface area contributed by atoms with Gasteiger partial charge in [0.2, 0.25) is 11.8 Å². The number of likely N-dealkylation sites (tertiary alicyclic amines) is 1. The van der Waals surface area contributed by atoms with Crippen molar-refractivity contribution >= 4 is 5.91 Å². The number of hydrogen-bond acceptors (Lipinski definition) is 6. The molecule has 2 saturated heterocycles. The van der Waals surface area contributed by atoms with Gasteiger partial charge in [-0.3, -0.25) is 4.79 Å². The lowest BCUT2D eigenvalue weighted by Gasteiger charge is -2.30. The van der Waals surface area contributed by atoms with Crippen molar-refractivity contribution in [2.24, 2.45) is 0 Å². The van der Waals surface area contributed by atoms with E-state index >= 15 is 0 Å². The Morgan fingerprint density at radius 1 is 1.32 bits per heavy atom. The van der Waals surface area contributed by atoms with E-state index in [1.54, 1.807) is 0 Å². The van der Waals surface area contributed by atoms with Gasteiger partial charge in [0, 0.05) is 38.1 Å². The predicted molar refractivity (Wildman–Crippen MR) is 77.5 cm³/mol. The zero-order valence-electron chi connectivity index (χ0n) is 13.0. The first kappa shape index (κ1) is 15.4.